The lowest BCUT2D eigenvalue weighted by atomic mass is 9.90. The number of hydrogen-bond donors (Lipinski definition) is 1. The first-order valence-corrected chi connectivity index (χ1v) is 14.3. The molecule has 4 atom stereocenters. The molecule has 7 heteroatoms. The molecule has 1 fully saturated rings. The summed E-state index contributed by atoms with van der Waals surface area (Å²) in [7, 11) is 0.955. The summed E-state index contributed by atoms with van der Waals surface area (Å²) in [6, 6.07) is 0. The van der Waals surface area contributed by atoms with Crippen molar-refractivity contribution >= 4 is 14.3 Å². The summed E-state index contributed by atoms with van der Waals surface area (Å²) in [6.07, 6.45) is 12.2. The minimum absolute atomic E-state index is 0.0601. The van der Waals surface area contributed by atoms with Crippen molar-refractivity contribution in [3.63, 3.8) is 0 Å². The van der Waals surface area contributed by atoms with Gasteiger partial charge in [-0.1, -0.05) is 32.9 Å². The number of aliphatic hydroxyl groups excluding tert-OH is 1. The largest absolute Gasteiger partial charge is 0.466 e. The maximum absolute atomic E-state index is 11.8. The maximum atomic E-state index is 11.8. The zero-order chi connectivity index (χ0) is 23.5. The quantitative estimate of drug-likeness (QED) is 0.107. The average molecular weight is 457 g/mol. The molecule has 0 aromatic rings. The van der Waals surface area contributed by atoms with Crippen molar-refractivity contribution in [3.05, 3.63) is 24.3 Å². The number of rotatable bonds is 13. The summed E-state index contributed by atoms with van der Waals surface area (Å²) < 4.78 is 22.6. The molecule has 180 valence electrons. The van der Waals surface area contributed by atoms with Crippen LogP contribution in [0.5, 0.6) is 0 Å². The summed E-state index contributed by atoms with van der Waals surface area (Å²) in [4.78, 5) is 11.8. The fourth-order valence-corrected chi connectivity index (χ4v) is 4.91. The predicted molar refractivity (Wildman–Crippen MR) is 126 cm³/mol. The third-order valence-electron chi connectivity index (χ3n) is 6.49. The molecule has 0 heterocycles. The highest BCUT2D eigenvalue weighted by molar-refractivity contribution is 6.74. The Labute approximate surface area is 190 Å². The summed E-state index contributed by atoms with van der Waals surface area (Å²) in [5, 5.41) is 9.06. The van der Waals surface area contributed by atoms with E-state index in [9.17, 15) is 4.79 Å². The van der Waals surface area contributed by atoms with E-state index in [4.69, 9.17) is 23.7 Å². The Morgan fingerprint density at radius 3 is 2.48 bits per heavy atom. The van der Waals surface area contributed by atoms with Crippen LogP contribution in [0.2, 0.25) is 18.1 Å². The van der Waals surface area contributed by atoms with E-state index in [2.05, 4.69) is 46.0 Å². The van der Waals surface area contributed by atoms with Crippen LogP contribution in [-0.2, 0) is 23.4 Å². The van der Waals surface area contributed by atoms with Crippen molar-refractivity contribution in [2.45, 2.75) is 83.2 Å². The molecular formula is C24H44O6Si. The summed E-state index contributed by atoms with van der Waals surface area (Å²) in [5.74, 6) is 0.115. The highest BCUT2D eigenvalue weighted by Crippen LogP contribution is 2.43. The first-order valence-electron chi connectivity index (χ1n) is 11.4. The van der Waals surface area contributed by atoms with Gasteiger partial charge in [-0.15, -0.1) is 0 Å². The topological polar surface area (TPSA) is 74.2 Å². The molecule has 0 unspecified atom stereocenters. The number of carbonyl (C=O) groups excluding carboxylic acids is 1. The molecule has 0 bridgehead atoms. The SMILES string of the molecule is COCO[C@@H]1C[C@@H]([C@@H](/C=C/C(=O)OC)O[Si](C)(C)C(C)(C)C)[C@H](/C=C/CCCCO)C1. The van der Waals surface area contributed by atoms with E-state index in [0.717, 1.165) is 32.1 Å². The van der Waals surface area contributed by atoms with Crippen LogP contribution in [0, 0.1) is 11.8 Å². The van der Waals surface area contributed by atoms with Gasteiger partial charge in [0, 0.05) is 19.8 Å². The van der Waals surface area contributed by atoms with Gasteiger partial charge in [-0.3, -0.25) is 0 Å². The molecule has 1 N–H and O–H groups in total. The van der Waals surface area contributed by atoms with Crippen LogP contribution in [0.3, 0.4) is 0 Å². The lowest BCUT2D eigenvalue weighted by Gasteiger charge is -2.41. The molecule has 1 saturated carbocycles. The highest BCUT2D eigenvalue weighted by Gasteiger charge is 2.44. The average Bonchev–Trinajstić information content (AvgIpc) is 3.11. The maximum Gasteiger partial charge on any atom is 0.330 e. The van der Waals surface area contributed by atoms with Gasteiger partial charge in [0.05, 0.1) is 19.3 Å². The Morgan fingerprint density at radius 2 is 1.90 bits per heavy atom. The van der Waals surface area contributed by atoms with Crippen molar-refractivity contribution < 1.29 is 28.5 Å². The molecule has 0 radical (unpaired) electrons. The molecule has 1 rings (SSSR count). The molecule has 31 heavy (non-hydrogen) atoms. The lowest BCUT2D eigenvalue weighted by Crippen LogP contribution is -2.45. The van der Waals surface area contributed by atoms with Crippen molar-refractivity contribution in [1.29, 1.82) is 0 Å². The summed E-state index contributed by atoms with van der Waals surface area (Å²) in [5.41, 5.74) is 0. The van der Waals surface area contributed by atoms with Crippen molar-refractivity contribution in [1.82, 2.24) is 0 Å². The smallest absolute Gasteiger partial charge is 0.330 e. The van der Waals surface area contributed by atoms with Gasteiger partial charge in [0.2, 0.25) is 0 Å². The van der Waals surface area contributed by atoms with Crippen LogP contribution in [0.15, 0.2) is 24.3 Å². The van der Waals surface area contributed by atoms with Crippen molar-refractivity contribution in [2.24, 2.45) is 11.8 Å². The van der Waals surface area contributed by atoms with Gasteiger partial charge < -0.3 is 23.7 Å². The highest BCUT2D eigenvalue weighted by atomic mass is 28.4. The molecule has 0 aromatic carbocycles. The number of methoxy groups -OCH3 is 2. The number of aliphatic hydroxyl groups is 1. The fourth-order valence-electron chi connectivity index (χ4n) is 3.63. The lowest BCUT2D eigenvalue weighted by molar-refractivity contribution is -0.134. The summed E-state index contributed by atoms with van der Waals surface area (Å²) >= 11 is 0. The Morgan fingerprint density at radius 1 is 1.19 bits per heavy atom. The molecule has 6 nitrogen and oxygen atoms in total. The molecule has 1 aliphatic carbocycles. The number of allylic oxidation sites excluding steroid dienone is 2. The molecule has 0 saturated heterocycles. The van der Waals surface area contributed by atoms with E-state index in [1.165, 1.54) is 13.2 Å². The number of hydrogen-bond acceptors (Lipinski definition) is 6. The minimum atomic E-state index is -2.06. The number of esters is 1. The third-order valence-corrected chi connectivity index (χ3v) is 11.0. The number of carbonyl (C=O) groups is 1. The Balaban J connectivity index is 3.11. The van der Waals surface area contributed by atoms with Gasteiger partial charge in [0.25, 0.3) is 0 Å². The van der Waals surface area contributed by atoms with E-state index in [1.54, 1.807) is 7.11 Å². The van der Waals surface area contributed by atoms with Gasteiger partial charge in [0.15, 0.2) is 8.32 Å². The van der Waals surface area contributed by atoms with Gasteiger partial charge in [-0.2, -0.15) is 0 Å². The second-order valence-corrected chi connectivity index (χ2v) is 14.6. The van der Waals surface area contributed by atoms with E-state index < -0.39 is 8.32 Å². The van der Waals surface area contributed by atoms with Gasteiger partial charge in [-0.25, -0.2) is 4.79 Å². The normalized spacial score (nSPS) is 23.7. The Kier molecular flexibility index (Phi) is 12.2. The van der Waals surface area contributed by atoms with Crippen molar-refractivity contribution in [3.8, 4) is 0 Å². The zero-order valence-corrected chi connectivity index (χ0v) is 21.6. The second-order valence-electron chi connectivity index (χ2n) is 9.87. The Bertz CT molecular complexity index is 581. The van der Waals surface area contributed by atoms with Crippen LogP contribution in [0.1, 0.15) is 52.9 Å². The zero-order valence-electron chi connectivity index (χ0n) is 20.6. The number of ether oxygens (including phenoxy) is 3. The van der Waals surface area contributed by atoms with Gasteiger partial charge in [0.1, 0.15) is 6.79 Å². The van der Waals surface area contributed by atoms with E-state index in [1.807, 2.05) is 6.08 Å². The van der Waals surface area contributed by atoms with Gasteiger partial charge >= 0.3 is 5.97 Å². The molecular weight excluding hydrogens is 412 g/mol. The van der Waals surface area contributed by atoms with Gasteiger partial charge in [-0.05, 0) is 68.1 Å². The van der Waals surface area contributed by atoms with Crippen LogP contribution in [0.25, 0.3) is 0 Å². The summed E-state index contributed by atoms with van der Waals surface area (Å²) in [6.45, 7) is 11.6. The monoisotopic (exact) mass is 456 g/mol. The first-order chi connectivity index (χ1) is 14.6. The molecule has 1 aliphatic rings. The van der Waals surface area contributed by atoms with Crippen LogP contribution >= 0.6 is 0 Å². The van der Waals surface area contributed by atoms with Crippen LogP contribution in [0.4, 0.5) is 0 Å². The van der Waals surface area contributed by atoms with E-state index >= 15 is 0 Å². The third kappa shape index (κ3) is 9.57. The predicted octanol–water partition coefficient (Wildman–Crippen LogP) is 4.84. The molecule has 0 spiro atoms. The first kappa shape index (κ1) is 28.0. The van der Waals surface area contributed by atoms with Crippen LogP contribution < -0.4 is 0 Å². The number of unbranched alkanes of at least 4 members (excludes halogenated alkanes) is 2. The molecule has 0 amide bonds. The standard InChI is InChI=1S/C24H44O6Si/c1-24(2,3)31(6,7)30-22(13-14-23(26)28-5)21-17-20(29-18-27-4)16-19(21)12-10-8-9-11-15-25/h10,12-14,19-22,25H,8-9,11,15-18H2,1-7H3/b12-10+,14-13+/t19-,20+,21-,22-/m1/s1. The minimum Gasteiger partial charge on any atom is -0.466 e. The Hall–Kier alpha value is -0.993. The molecule has 0 aromatic heterocycles. The van der Waals surface area contributed by atoms with Crippen molar-refractivity contribution in [2.75, 3.05) is 27.6 Å². The second kappa shape index (κ2) is 13.5. The fraction of sp³-hybridized carbons (Fsp3) is 0.792. The van der Waals surface area contributed by atoms with E-state index in [-0.39, 0.29) is 48.5 Å². The molecule has 0 aliphatic heterocycles. The van der Waals surface area contributed by atoms with E-state index in [0.29, 0.717) is 0 Å². The van der Waals surface area contributed by atoms with Crippen LogP contribution in [-0.4, -0.2) is 59.2 Å².